The van der Waals surface area contributed by atoms with Crippen molar-refractivity contribution in [2.75, 3.05) is 5.32 Å². The van der Waals surface area contributed by atoms with E-state index >= 15 is 0 Å². The number of hydrogen-bond acceptors (Lipinski definition) is 4. The normalized spacial score (nSPS) is 10.8. The zero-order valence-corrected chi connectivity index (χ0v) is 12.0. The Bertz CT molecular complexity index is 553. The minimum Gasteiger partial charge on any atom is -0.489 e. The summed E-state index contributed by atoms with van der Waals surface area (Å²) in [5.74, 6) is 0.699. The largest absolute Gasteiger partial charge is 0.489 e. The van der Waals surface area contributed by atoms with Crippen molar-refractivity contribution in [2.24, 2.45) is 7.05 Å². The fourth-order valence-electron chi connectivity index (χ4n) is 1.62. The van der Waals surface area contributed by atoms with Crippen LogP contribution in [0.2, 0.25) is 5.02 Å². The molecule has 0 aliphatic rings. The van der Waals surface area contributed by atoms with Gasteiger partial charge in [-0.15, -0.1) is 5.10 Å². The number of benzene rings is 1. The Kier molecular flexibility index (Phi) is 4.27. The van der Waals surface area contributed by atoms with E-state index in [4.69, 9.17) is 16.3 Å². The molecule has 0 bridgehead atoms. The smallest absolute Gasteiger partial charge is 0.138 e. The molecule has 0 radical (unpaired) electrons. The molecule has 0 saturated carbocycles. The van der Waals surface area contributed by atoms with Crippen molar-refractivity contribution >= 4 is 17.3 Å². The van der Waals surface area contributed by atoms with Crippen LogP contribution in [0.25, 0.3) is 0 Å². The van der Waals surface area contributed by atoms with Gasteiger partial charge in [-0.05, 0) is 32.0 Å². The predicted octanol–water partition coefficient (Wildman–Crippen LogP) is 2.87. The highest BCUT2D eigenvalue weighted by atomic mass is 35.5. The molecule has 102 valence electrons. The maximum atomic E-state index is 6.17. The van der Waals surface area contributed by atoms with E-state index in [2.05, 4.69) is 15.6 Å². The van der Waals surface area contributed by atoms with E-state index < -0.39 is 0 Å². The molecule has 1 heterocycles. The van der Waals surface area contributed by atoms with Gasteiger partial charge in [0.05, 0.1) is 29.6 Å². The van der Waals surface area contributed by atoms with Gasteiger partial charge in [0.1, 0.15) is 5.75 Å². The van der Waals surface area contributed by atoms with E-state index in [1.165, 1.54) is 0 Å². The molecule has 0 fully saturated rings. The van der Waals surface area contributed by atoms with Gasteiger partial charge in [-0.3, -0.25) is 4.68 Å². The van der Waals surface area contributed by atoms with Crippen molar-refractivity contribution in [3.05, 3.63) is 35.1 Å². The summed E-state index contributed by atoms with van der Waals surface area (Å²) in [6.07, 6.45) is 1.84. The number of halogens is 1. The summed E-state index contributed by atoms with van der Waals surface area (Å²) in [5.41, 5.74) is 1.93. The lowest BCUT2D eigenvalue weighted by molar-refractivity contribution is 0.242. The van der Waals surface area contributed by atoms with Crippen LogP contribution in [0.3, 0.4) is 0 Å². The topological polar surface area (TPSA) is 52.0 Å². The van der Waals surface area contributed by atoms with Crippen molar-refractivity contribution in [1.82, 2.24) is 15.0 Å². The Morgan fingerprint density at radius 1 is 1.42 bits per heavy atom. The molecule has 2 aromatic rings. The number of aromatic nitrogens is 3. The number of anilines is 1. The van der Waals surface area contributed by atoms with Gasteiger partial charge in [0.2, 0.25) is 0 Å². The van der Waals surface area contributed by atoms with Gasteiger partial charge in [-0.1, -0.05) is 16.8 Å². The quantitative estimate of drug-likeness (QED) is 0.915. The molecule has 0 spiro atoms. The highest BCUT2D eigenvalue weighted by molar-refractivity contribution is 6.32. The number of aryl methyl sites for hydroxylation is 1. The average molecular weight is 281 g/mol. The summed E-state index contributed by atoms with van der Waals surface area (Å²) < 4.78 is 7.31. The second-order valence-electron chi connectivity index (χ2n) is 4.51. The van der Waals surface area contributed by atoms with E-state index in [0.29, 0.717) is 17.3 Å². The van der Waals surface area contributed by atoms with E-state index in [1.54, 1.807) is 10.9 Å². The molecule has 0 saturated heterocycles. The predicted molar refractivity (Wildman–Crippen MR) is 75.5 cm³/mol. The van der Waals surface area contributed by atoms with Crippen LogP contribution in [0.15, 0.2) is 24.4 Å². The first-order chi connectivity index (χ1) is 9.06. The zero-order valence-electron chi connectivity index (χ0n) is 11.2. The third-order valence-electron chi connectivity index (χ3n) is 2.58. The second-order valence-corrected chi connectivity index (χ2v) is 4.92. The van der Waals surface area contributed by atoms with Crippen molar-refractivity contribution in [3.63, 3.8) is 0 Å². The third kappa shape index (κ3) is 3.61. The SMILES string of the molecule is CC(C)Oc1ccc(NCc2cnnn2C)cc1Cl. The molecule has 0 atom stereocenters. The van der Waals surface area contributed by atoms with Gasteiger partial charge >= 0.3 is 0 Å². The van der Waals surface area contributed by atoms with E-state index in [1.807, 2.05) is 39.1 Å². The maximum Gasteiger partial charge on any atom is 0.138 e. The summed E-state index contributed by atoms with van der Waals surface area (Å²) in [5, 5.41) is 11.6. The summed E-state index contributed by atoms with van der Waals surface area (Å²) in [6, 6.07) is 5.66. The van der Waals surface area contributed by atoms with Crippen LogP contribution >= 0.6 is 11.6 Å². The number of rotatable bonds is 5. The Balaban J connectivity index is 2.02. The molecule has 5 nitrogen and oxygen atoms in total. The molecule has 0 unspecified atom stereocenters. The van der Waals surface area contributed by atoms with Gasteiger partial charge in [0, 0.05) is 12.7 Å². The van der Waals surface area contributed by atoms with E-state index in [0.717, 1.165) is 11.4 Å². The van der Waals surface area contributed by atoms with Crippen molar-refractivity contribution in [2.45, 2.75) is 26.5 Å². The Morgan fingerprint density at radius 2 is 2.21 bits per heavy atom. The highest BCUT2D eigenvalue weighted by Gasteiger charge is 2.06. The molecule has 1 aromatic carbocycles. The third-order valence-corrected chi connectivity index (χ3v) is 2.87. The lowest BCUT2D eigenvalue weighted by Gasteiger charge is -2.13. The molecule has 1 N–H and O–H groups in total. The van der Waals surface area contributed by atoms with E-state index in [-0.39, 0.29) is 6.10 Å². The van der Waals surface area contributed by atoms with E-state index in [9.17, 15) is 0 Å². The Hall–Kier alpha value is -1.75. The first-order valence-electron chi connectivity index (χ1n) is 6.10. The first kappa shape index (κ1) is 13.7. The number of ether oxygens (including phenoxy) is 1. The summed E-state index contributed by atoms with van der Waals surface area (Å²) in [7, 11) is 1.86. The summed E-state index contributed by atoms with van der Waals surface area (Å²) >= 11 is 6.17. The number of nitrogens with one attached hydrogen (secondary N) is 1. The zero-order chi connectivity index (χ0) is 13.8. The lowest BCUT2D eigenvalue weighted by Crippen LogP contribution is -2.07. The molecule has 19 heavy (non-hydrogen) atoms. The van der Waals surface area contributed by atoms with Crippen molar-refractivity contribution in [1.29, 1.82) is 0 Å². The highest BCUT2D eigenvalue weighted by Crippen LogP contribution is 2.28. The van der Waals surface area contributed by atoms with Crippen LogP contribution in [0, 0.1) is 0 Å². The molecule has 1 aromatic heterocycles. The van der Waals surface area contributed by atoms with Gasteiger partial charge in [-0.2, -0.15) is 0 Å². The molecule has 0 aliphatic heterocycles. The fourth-order valence-corrected chi connectivity index (χ4v) is 1.85. The number of nitrogens with zero attached hydrogens (tertiary/aromatic N) is 3. The second kappa shape index (κ2) is 5.93. The van der Waals surface area contributed by atoms with Crippen molar-refractivity contribution in [3.8, 4) is 5.75 Å². The summed E-state index contributed by atoms with van der Waals surface area (Å²) in [4.78, 5) is 0. The first-order valence-corrected chi connectivity index (χ1v) is 6.47. The standard InChI is InChI=1S/C13H17ClN4O/c1-9(2)19-13-5-4-10(6-12(13)14)15-7-11-8-16-17-18(11)3/h4-6,8-9,15H,7H2,1-3H3. The fraction of sp³-hybridized carbons (Fsp3) is 0.385. The monoisotopic (exact) mass is 280 g/mol. The minimum atomic E-state index is 0.108. The molecule has 0 amide bonds. The Morgan fingerprint density at radius 3 is 2.79 bits per heavy atom. The average Bonchev–Trinajstić information content (AvgIpc) is 2.75. The van der Waals surface area contributed by atoms with Gasteiger partial charge in [-0.25, -0.2) is 0 Å². The van der Waals surface area contributed by atoms with Crippen LogP contribution in [0.4, 0.5) is 5.69 Å². The molecule has 2 rings (SSSR count). The lowest BCUT2D eigenvalue weighted by atomic mass is 10.3. The van der Waals surface area contributed by atoms with Crippen LogP contribution in [0.5, 0.6) is 5.75 Å². The minimum absolute atomic E-state index is 0.108. The molecular formula is C13H17ClN4O. The van der Waals surface area contributed by atoms with Crippen LogP contribution in [0.1, 0.15) is 19.5 Å². The maximum absolute atomic E-state index is 6.17. The van der Waals surface area contributed by atoms with Gasteiger partial charge in [0.15, 0.2) is 0 Å². The molecule has 0 aliphatic carbocycles. The van der Waals surface area contributed by atoms with Crippen molar-refractivity contribution < 1.29 is 4.74 Å². The molecule has 6 heteroatoms. The van der Waals surface area contributed by atoms with Crippen LogP contribution in [-0.4, -0.2) is 21.1 Å². The number of hydrogen-bond donors (Lipinski definition) is 1. The summed E-state index contributed by atoms with van der Waals surface area (Å²) in [6.45, 7) is 4.58. The van der Waals surface area contributed by atoms with Crippen LogP contribution in [-0.2, 0) is 13.6 Å². The van der Waals surface area contributed by atoms with Gasteiger partial charge < -0.3 is 10.1 Å². The Labute approximate surface area is 117 Å². The van der Waals surface area contributed by atoms with Gasteiger partial charge in [0.25, 0.3) is 0 Å². The van der Waals surface area contributed by atoms with Crippen LogP contribution < -0.4 is 10.1 Å². The molecular weight excluding hydrogens is 264 g/mol.